The number of nitrogens with zero attached hydrogens (tertiary/aromatic N) is 2. The first-order valence-corrected chi connectivity index (χ1v) is 3.67. The maximum absolute atomic E-state index is 11.0. The molecule has 6 nitrogen and oxygen atoms in total. The third-order valence-corrected chi connectivity index (χ3v) is 1.29. The average Bonchev–Trinajstić information content (AvgIpc) is 2.04. The molecular formula is C7H9N3O3. The molecule has 1 aromatic rings. The number of hydrogen-bond acceptors (Lipinski definition) is 5. The minimum absolute atomic E-state index is 0.0746. The smallest absolute Gasteiger partial charge is 0.422 e. The molecule has 1 aromatic heterocycles. The summed E-state index contributed by atoms with van der Waals surface area (Å²) in [6, 6.07) is 1.35. The highest BCUT2D eigenvalue weighted by Crippen LogP contribution is 1.90. The summed E-state index contributed by atoms with van der Waals surface area (Å²) < 4.78 is 5.34. The zero-order valence-corrected chi connectivity index (χ0v) is 7.06. The number of aromatic nitrogens is 2. The van der Waals surface area contributed by atoms with Crippen LogP contribution in [0.2, 0.25) is 0 Å². The van der Waals surface area contributed by atoms with Gasteiger partial charge in [0.15, 0.2) is 0 Å². The summed E-state index contributed by atoms with van der Waals surface area (Å²) in [5.74, 6) is 0.0746. The second-order valence-corrected chi connectivity index (χ2v) is 2.20. The molecule has 0 amide bonds. The van der Waals surface area contributed by atoms with E-state index in [1.54, 1.807) is 6.92 Å². The van der Waals surface area contributed by atoms with Gasteiger partial charge in [-0.3, -0.25) is 0 Å². The van der Waals surface area contributed by atoms with Gasteiger partial charge in [-0.25, -0.2) is 14.2 Å². The molecular weight excluding hydrogens is 174 g/mol. The van der Waals surface area contributed by atoms with Gasteiger partial charge in [0.05, 0.1) is 6.61 Å². The fourth-order valence-corrected chi connectivity index (χ4v) is 0.748. The van der Waals surface area contributed by atoms with Crippen LogP contribution < -0.4 is 11.4 Å². The van der Waals surface area contributed by atoms with E-state index in [9.17, 15) is 9.59 Å². The molecule has 0 unspecified atom stereocenters. The molecule has 2 N–H and O–H groups in total. The molecule has 0 atom stereocenters. The molecule has 1 heterocycles. The maximum atomic E-state index is 11.0. The summed E-state index contributed by atoms with van der Waals surface area (Å²) in [7, 11) is 0. The van der Waals surface area contributed by atoms with Gasteiger partial charge >= 0.3 is 11.8 Å². The minimum Gasteiger partial charge on any atom is -0.449 e. The Morgan fingerprint density at radius 1 is 1.77 bits per heavy atom. The van der Waals surface area contributed by atoms with Crippen LogP contribution in [0.1, 0.15) is 6.92 Å². The van der Waals surface area contributed by atoms with Crippen LogP contribution >= 0.6 is 0 Å². The second kappa shape index (κ2) is 3.70. The third kappa shape index (κ3) is 2.05. The molecule has 1 rings (SSSR count). The number of carbonyl (C=O) groups is 1. The molecule has 0 aliphatic carbocycles. The van der Waals surface area contributed by atoms with Gasteiger partial charge in [-0.1, -0.05) is 0 Å². The summed E-state index contributed by atoms with van der Waals surface area (Å²) in [4.78, 5) is 25.4. The van der Waals surface area contributed by atoms with Gasteiger partial charge in [0.25, 0.3) is 0 Å². The molecule has 0 aliphatic rings. The van der Waals surface area contributed by atoms with Crippen molar-refractivity contribution in [2.75, 3.05) is 12.3 Å². The van der Waals surface area contributed by atoms with Crippen molar-refractivity contribution in [1.82, 2.24) is 9.55 Å². The lowest BCUT2D eigenvalue weighted by molar-refractivity contribution is 0.152. The predicted octanol–water partition coefficient (Wildman–Crippen LogP) is -0.170. The largest absolute Gasteiger partial charge is 0.449 e. The zero-order chi connectivity index (χ0) is 9.84. The van der Waals surface area contributed by atoms with Crippen LogP contribution in [0.3, 0.4) is 0 Å². The van der Waals surface area contributed by atoms with Gasteiger partial charge < -0.3 is 10.5 Å². The van der Waals surface area contributed by atoms with Crippen molar-refractivity contribution in [3.05, 3.63) is 22.7 Å². The Hall–Kier alpha value is -1.85. The molecule has 0 spiro atoms. The number of nitrogen functional groups attached to an aromatic ring is 1. The number of nitrogens with two attached hydrogens (primary N) is 1. The highest BCUT2D eigenvalue weighted by atomic mass is 16.5. The Labute approximate surface area is 74.0 Å². The van der Waals surface area contributed by atoms with Crippen molar-refractivity contribution >= 4 is 11.9 Å². The van der Waals surface area contributed by atoms with E-state index >= 15 is 0 Å². The van der Waals surface area contributed by atoms with Crippen LogP contribution in [-0.4, -0.2) is 22.3 Å². The number of ether oxygens (including phenoxy) is 1. The van der Waals surface area contributed by atoms with Crippen molar-refractivity contribution in [3.8, 4) is 0 Å². The van der Waals surface area contributed by atoms with Crippen LogP contribution in [0.15, 0.2) is 17.1 Å². The summed E-state index contributed by atoms with van der Waals surface area (Å²) in [5.41, 5.74) is 4.49. The molecule has 0 fully saturated rings. The summed E-state index contributed by atoms with van der Waals surface area (Å²) in [5, 5.41) is 0. The highest BCUT2D eigenvalue weighted by Gasteiger charge is 2.07. The van der Waals surface area contributed by atoms with E-state index in [0.29, 0.717) is 0 Å². The molecule has 0 radical (unpaired) electrons. The van der Waals surface area contributed by atoms with E-state index in [-0.39, 0.29) is 12.4 Å². The van der Waals surface area contributed by atoms with Crippen molar-refractivity contribution in [3.63, 3.8) is 0 Å². The molecule has 0 aromatic carbocycles. The summed E-state index contributed by atoms with van der Waals surface area (Å²) in [6.07, 6.45) is 0.475. The fourth-order valence-electron chi connectivity index (χ4n) is 0.748. The van der Waals surface area contributed by atoms with Gasteiger partial charge in [-0.05, 0) is 13.0 Å². The quantitative estimate of drug-likeness (QED) is 0.653. The van der Waals surface area contributed by atoms with E-state index in [1.165, 1.54) is 12.3 Å². The van der Waals surface area contributed by atoms with Gasteiger partial charge in [0.1, 0.15) is 5.82 Å². The monoisotopic (exact) mass is 183 g/mol. The Morgan fingerprint density at radius 3 is 3.00 bits per heavy atom. The summed E-state index contributed by atoms with van der Waals surface area (Å²) >= 11 is 0. The molecule has 6 heteroatoms. The van der Waals surface area contributed by atoms with Crippen molar-refractivity contribution < 1.29 is 9.53 Å². The molecule has 0 saturated carbocycles. The number of anilines is 1. The Kier molecular flexibility index (Phi) is 2.63. The first-order valence-electron chi connectivity index (χ1n) is 3.67. The third-order valence-electron chi connectivity index (χ3n) is 1.29. The van der Waals surface area contributed by atoms with E-state index < -0.39 is 11.8 Å². The van der Waals surface area contributed by atoms with E-state index in [1.807, 2.05) is 0 Å². The fraction of sp³-hybridized carbons (Fsp3) is 0.286. The molecule has 0 bridgehead atoms. The van der Waals surface area contributed by atoms with Gasteiger partial charge in [0, 0.05) is 6.20 Å². The van der Waals surface area contributed by atoms with Crippen LogP contribution in [0.25, 0.3) is 0 Å². The van der Waals surface area contributed by atoms with Crippen LogP contribution in [0.5, 0.6) is 0 Å². The Balaban J connectivity index is 3.02. The second-order valence-electron chi connectivity index (χ2n) is 2.20. The number of rotatable bonds is 1. The van der Waals surface area contributed by atoms with Gasteiger partial charge in [-0.15, -0.1) is 0 Å². The first-order chi connectivity index (χ1) is 6.15. The highest BCUT2D eigenvalue weighted by molar-refractivity contribution is 5.70. The lowest BCUT2D eigenvalue weighted by Gasteiger charge is -2.02. The van der Waals surface area contributed by atoms with Crippen molar-refractivity contribution in [2.24, 2.45) is 0 Å². The maximum Gasteiger partial charge on any atom is 0.422 e. The van der Waals surface area contributed by atoms with E-state index in [4.69, 9.17) is 5.73 Å². The van der Waals surface area contributed by atoms with Gasteiger partial charge in [-0.2, -0.15) is 4.98 Å². The SMILES string of the molecule is CCOC(=O)n1ccc(N)nc1=O. The van der Waals surface area contributed by atoms with Crippen LogP contribution in [0, 0.1) is 0 Å². The number of carbonyl (C=O) groups excluding carboxylic acids is 1. The standard InChI is InChI=1S/C7H9N3O3/c1-2-13-7(12)10-4-3-5(8)9-6(10)11/h3-4H,2H2,1H3,(H2,8,9,11). The lowest BCUT2D eigenvalue weighted by atomic mass is 10.6. The topological polar surface area (TPSA) is 87.2 Å². The van der Waals surface area contributed by atoms with Crippen molar-refractivity contribution in [2.45, 2.75) is 6.92 Å². The molecule has 0 aliphatic heterocycles. The molecule has 0 saturated heterocycles. The Morgan fingerprint density at radius 2 is 2.46 bits per heavy atom. The first kappa shape index (κ1) is 9.24. The van der Waals surface area contributed by atoms with Crippen LogP contribution in [0.4, 0.5) is 10.6 Å². The van der Waals surface area contributed by atoms with Crippen LogP contribution in [-0.2, 0) is 4.74 Å². The zero-order valence-electron chi connectivity index (χ0n) is 7.06. The molecule has 70 valence electrons. The summed E-state index contributed by atoms with van der Waals surface area (Å²) in [6.45, 7) is 1.85. The average molecular weight is 183 g/mol. The number of hydrogen-bond donors (Lipinski definition) is 1. The lowest BCUT2D eigenvalue weighted by Crippen LogP contribution is -2.29. The Bertz CT molecular complexity index is 371. The molecule has 13 heavy (non-hydrogen) atoms. The van der Waals surface area contributed by atoms with E-state index in [0.717, 1.165) is 4.57 Å². The normalized spacial score (nSPS) is 9.62. The predicted molar refractivity (Wildman–Crippen MR) is 45.3 cm³/mol. The minimum atomic E-state index is -0.750. The van der Waals surface area contributed by atoms with Gasteiger partial charge in [0.2, 0.25) is 0 Å². The van der Waals surface area contributed by atoms with Crippen molar-refractivity contribution in [1.29, 1.82) is 0 Å². The van der Waals surface area contributed by atoms with E-state index in [2.05, 4.69) is 9.72 Å².